The van der Waals surface area contributed by atoms with Crippen molar-refractivity contribution in [3.63, 3.8) is 0 Å². The van der Waals surface area contributed by atoms with Crippen LogP contribution in [0.4, 0.5) is 4.39 Å². The van der Waals surface area contributed by atoms with Gasteiger partial charge in [0.05, 0.1) is 5.56 Å². The van der Waals surface area contributed by atoms with Crippen molar-refractivity contribution < 1.29 is 9.13 Å². The van der Waals surface area contributed by atoms with Crippen LogP contribution in [0, 0.1) is 5.82 Å². The van der Waals surface area contributed by atoms with E-state index in [0.29, 0.717) is 17.0 Å². The molecule has 0 radical (unpaired) electrons. The summed E-state index contributed by atoms with van der Waals surface area (Å²) in [6.07, 6.45) is 1.46. The van der Waals surface area contributed by atoms with Crippen molar-refractivity contribution in [3.05, 3.63) is 46.2 Å². The van der Waals surface area contributed by atoms with Crippen molar-refractivity contribution in [2.45, 2.75) is 25.9 Å². The zero-order valence-corrected chi connectivity index (χ0v) is 13.2. The second kappa shape index (κ2) is 7.16. The van der Waals surface area contributed by atoms with E-state index in [1.54, 1.807) is 19.2 Å². The fourth-order valence-corrected chi connectivity index (χ4v) is 2.66. The Balaban J connectivity index is 2.44. The number of hydrogen-bond donors (Lipinski definition) is 0. The Morgan fingerprint density at radius 3 is 2.19 bits per heavy atom. The Bertz CT molecular complexity index is 597. The van der Waals surface area contributed by atoms with Gasteiger partial charge in [0.2, 0.25) is 0 Å². The molecule has 2 aromatic rings. The van der Waals surface area contributed by atoms with E-state index in [4.69, 9.17) is 27.9 Å². The Kier molecular flexibility index (Phi) is 5.51. The largest absolute Gasteiger partial charge is 0.373 e. The Morgan fingerprint density at radius 1 is 1.14 bits per heavy atom. The van der Waals surface area contributed by atoms with Crippen molar-refractivity contribution in [3.8, 4) is 11.1 Å². The van der Waals surface area contributed by atoms with Crippen LogP contribution in [0.2, 0.25) is 10.3 Å². The lowest BCUT2D eigenvalue weighted by Crippen LogP contribution is -2.08. The van der Waals surface area contributed by atoms with Crippen LogP contribution in [0.5, 0.6) is 0 Å². The maximum atomic E-state index is 13.0. The highest BCUT2D eigenvalue weighted by Crippen LogP contribution is 2.34. The van der Waals surface area contributed by atoms with Crippen molar-refractivity contribution in [2.75, 3.05) is 7.11 Å². The van der Waals surface area contributed by atoms with Crippen LogP contribution < -0.4 is 0 Å². The second-order valence-corrected chi connectivity index (χ2v) is 5.27. The molecular formula is C15H15Cl2FN2O. The van der Waals surface area contributed by atoms with Gasteiger partial charge in [-0.3, -0.25) is 0 Å². The van der Waals surface area contributed by atoms with E-state index in [1.165, 1.54) is 12.1 Å². The summed E-state index contributed by atoms with van der Waals surface area (Å²) in [6.45, 7) is 2.04. The van der Waals surface area contributed by atoms with Crippen LogP contribution in [-0.2, 0) is 4.74 Å². The van der Waals surface area contributed by atoms with Gasteiger partial charge in [0.1, 0.15) is 22.2 Å². The summed E-state index contributed by atoms with van der Waals surface area (Å²) in [7, 11) is 1.60. The number of rotatable bonds is 5. The summed E-state index contributed by atoms with van der Waals surface area (Å²) in [6, 6.07) is 5.85. The zero-order valence-electron chi connectivity index (χ0n) is 11.7. The van der Waals surface area contributed by atoms with E-state index in [1.807, 2.05) is 6.92 Å². The van der Waals surface area contributed by atoms with Crippen molar-refractivity contribution in [1.29, 1.82) is 0 Å². The third-order valence-corrected chi connectivity index (χ3v) is 3.64. The number of methoxy groups -OCH3 is 1. The molecule has 21 heavy (non-hydrogen) atoms. The highest BCUT2D eigenvalue weighted by atomic mass is 35.5. The predicted octanol–water partition coefficient (Wildman–Crippen LogP) is 5.08. The van der Waals surface area contributed by atoms with Gasteiger partial charge in [0.15, 0.2) is 5.82 Å². The maximum absolute atomic E-state index is 13.0. The van der Waals surface area contributed by atoms with Crippen molar-refractivity contribution in [2.24, 2.45) is 0 Å². The molecule has 3 nitrogen and oxygen atoms in total. The topological polar surface area (TPSA) is 35.0 Å². The first kappa shape index (κ1) is 16.1. The molecule has 6 heteroatoms. The number of hydrogen-bond acceptors (Lipinski definition) is 3. The summed E-state index contributed by atoms with van der Waals surface area (Å²) in [5.41, 5.74) is 1.16. The molecule has 0 bridgehead atoms. The summed E-state index contributed by atoms with van der Waals surface area (Å²) < 4.78 is 18.3. The molecule has 1 unspecified atom stereocenters. The van der Waals surface area contributed by atoms with E-state index >= 15 is 0 Å². The molecule has 0 amide bonds. The summed E-state index contributed by atoms with van der Waals surface area (Å²) >= 11 is 12.5. The smallest absolute Gasteiger partial charge is 0.160 e. The quantitative estimate of drug-likeness (QED) is 0.718. The number of ether oxygens (including phenoxy) is 1. The first-order valence-electron chi connectivity index (χ1n) is 6.58. The highest BCUT2D eigenvalue weighted by molar-refractivity contribution is 6.37. The third-order valence-electron chi connectivity index (χ3n) is 3.09. The average molecular weight is 329 g/mol. The van der Waals surface area contributed by atoms with Gasteiger partial charge in [-0.2, -0.15) is 0 Å². The number of nitrogens with zero attached hydrogens (tertiary/aromatic N) is 2. The highest BCUT2D eigenvalue weighted by Gasteiger charge is 2.19. The molecule has 0 N–H and O–H groups in total. The monoisotopic (exact) mass is 328 g/mol. The molecule has 0 aliphatic heterocycles. The minimum absolute atomic E-state index is 0.231. The first-order chi connectivity index (χ1) is 10.1. The van der Waals surface area contributed by atoms with Gasteiger partial charge in [-0.25, -0.2) is 14.4 Å². The van der Waals surface area contributed by atoms with Gasteiger partial charge < -0.3 is 4.74 Å². The molecule has 1 atom stereocenters. The number of aromatic nitrogens is 2. The lowest BCUT2D eigenvalue weighted by Gasteiger charge is -2.15. The minimum Gasteiger partial charge on any atom is -0.373 e. The van der Waals surface area contributed by atoms with E-state index in [0.717, 1.165) is 12.8 Å². The molecule has 1 aromatic heterocycles. The molecule has 0 aliphatic carbocycles. The van der Waals surface area contributed by atoms with Gasteiger partial charge >= 0.3 is 0 Å². The molecule has 2 rings (SSSR count). The van der Waals surface area contributed by atoms with Gasteiger partial charge in [0.25, 0.3) is 0 Å². The van der Waals surface area contributed by atoms with Gasteiger partial charge in [-0.15, -0.1) is 0 Å². The molecule has 0 aliphatic rings. The van der Waals surface area contributed by atoms with Crippen LogP contribution in [-0.4, -0.2) is 17.1 Å². The molecule has 1 aromatic carbocycles. The standard InChI is InChI=1S/C15H15Cl2FN2O/c1-3-4-11(21-2)15-19-13(16)12(14(17)20-15)9-5-7-10(18)8-6-9/h5-8,11H,3-4H2,1-2H3. The van der Waals surface area contributed by atoms with E-state index in [2.05, 4.69) is 9.97 Å². The van der Waals surface area contributed by atoms with E-state index in [-0.39, 0.29) is 22.2 Å². The fraction of sp³-hybridized carbons (Fsp3) is 0.333. The number of halogens is 3. The molecular weight excluding hydrogens is 314 g/mol. The average Bonchev–Trinajstić information content (AvgIpc) is 2.46. The van der Waals surface area contributed by atoms with Crippen LogP contribution in [0.25, 0.3) is 11.1 Å². The molecule has 1 heterocycles. The SMILES string of the molecule is CCCC(OC)c1nc(Cl)c(-c2ccc(F)cc2)c(Cl)n1. The lowest BCUT2D eigenvalue weighted by atomic mass is 10.1. The van der Waals surface area contributed by atoms with Crippen LogP contribution in [0.1, 0.15) is 31.7 Å². The minimum atomic E-state index is -0.328. The Labute approximate surface area is 133 Å². The lowest BCUT2D eigenvalue weighted by molar-refractivity contribution is 0.0876. The fourth-order valence-electron chi connectivity index (χ4n) is 2.04. The molecule has 0 fully saturated rings. The van der Waals surface area contributed by atoms with Gasteiger partial charge in [-0.05, 0) is 24.1 Å². The molecule has 0 saturated carbocycles. The van der Waals surface area contributed by atoms with Gasteiger partial charge in [0, 0.05) is 7.11 Å². The normalized spacial score (nSPS) is 12.4. The molecule has 112 valence electrons. The molecule has 0 saturated heterocycles. The van der Waals surface area contributed by atoms with Crippen molar-refractivity contribution in [1.82, 2.24) is 9.97 Å². The maximum Gasteiger partial charge on any atom is 0.160 e. The van der Waals surface area contributed by atoms with Crippen LogP contribution in [0.15, 0.2) is 24.3 Å². The zero-order chi connectivity index (χ0) is 15.4. The van der Waals surface area contributed by atoms with Gasteiger partial charge in [-0.1, -0.05) is 48.7 Å². The second-order valence-electron chi connectivity index (χ2n) is 4.56. The Morgan fingerprint density at radius 2 is 1.71 bits per heavy atom. The van der Waals surface area contributed by atoms with Crippen LogP contribution >= 0.6 is 23.2 Å². The molecule has 0 spiro atoms. The summed E-state index contributed by atoms with van der Waals surface area (Å²) in [4.78, 5) is 8.55. The predicted molar refractivity (Wildman–Crippen MR) is 82.1 cm³/mol. The third kappa shape index (κ3) is 3.70. The first-order valence-corrected chi connectivity index (χ1v) is 7.34. The van der Waals surface area contributed by atoms with E-state index in [9.17, 15) is 4.39 Å². The van der Waals surface area contributed by atoms with Crippen LogP contribution in [0.3, 0.4) is 0 Å². The number of benzene rings is 1. The van der Waals surface area contributed by atoms with Crippen molar-refractivity contribution >= 4 is 23.2 Å². The Hall–Kier alpha value is -1.23. The summed E-state index contributed by atoms with van der Waals surface area (Å²) in [5, 5.41) is 0.463. The van der Waals surface area contributed by atoms with E-state index < -0.39 is 0 Å². The summed E-state index contributed by atoms with van der Waals surface area (Å²) in [5.74, 6) is 0.131.